The first kappa shape index (κ1) is 15.2. The van der Waals surface area contributed by atoms with Crippen molar-refractivity contribution in [3.05, 3.63) is 48.0 Å². The van der Waals surface area contributed by atoms with Crippen LogP contribution in [-0.4, -0.2) is 47.2 Å². The van der Waals surface area contributed by atoms with Gasteiger partial charge in [0.05, 0.1) is 24.5 Å². The Kier molecular flexibility index (Phi) is 3.98. The van der Waals surface area contributed by atoms with Crippen LogP contribution in [0.2, 0.25) is 0 Å². The molecule has 1 aliphatic heterocycles. The summed E-state index contributed by atoms with van der Waals surface area (Å²) in [5.41, 5.74) is 0.629. The first-order valence-corrected chi connectivity index (χ1v) is 8.28. The van der Waals surface area contributed by atoms with E-state index in [-0.39, 0.29) is 24.2 Å². The third-order valence-corrected chi connectivity index (χ3v) is 4.80. The minimum Gasteiger partial charge on any atom is -0.471 e. The molecule has 0 bridgehead atoms. The summed E-state index contributed by atoms with van der Waals surface area (Å²) in [4.78, 5) is 19.0. The Morgan fingerprint density at radius 3 is 3.00 bits per heavy atom. The predicted molar refractivity (Wildman–Crippen MR) is 85.9 cm³/mol. The molecule has 2 aliphatic rings. The minimum absolute atomic E-state index is 0.0121. The highest BCUT2D eigenvalue weighted by Gasteiger charge is 2.46. The van der Waals surface area contributed by atoms with Gasteiger partial charge in [0.1, 0.15) is 18.0 Å². The highest BCUT2D eigenvalue weighted by Crippen LogP contribution is 2.33. The first-order valence-electron chi connectivity index (χ1n) is 8.28. The van der Waals surface area contributed by atoms with Crippen molar-refractivity contribution >= 4 is 5.91 Å². The van der Waals surface area contributed by atoms with Gasteiger partial charge in [0.25, 0.3) is 5.91 Å². The van der Waals surface area contributed by atoms with Gasteiger partial charge in [0.2, 0.25) is 5.88 Å². The molecule has 2 fully saturated rings. The molecule has 6 nitrogen and oxygen atoms in total. The van der Waals surface area contributed by atoms with Gasteiger partial charge in [-0.25, -0.2) is 4.98 Å². The zero-order chi connectivity index (χ0) is 16.5. The number of amides is 1. The van der Waals surface area contributed by atoms with Crippen molar-refractivity contribution in [1.82, 2.24) is 9.88 Å². The number of furan rings is 1. The summed E-state index contributed by atoms with van der Waals surface area (Å²) in [5.74, 6) is 1.27. The van der Waals surface area contributed by atoms with E-state index in [1.54, 1.807) is 18.5 Å². The maximum absolute atomic E-state index is 12.8. The Labute approximate surface area is 140 Å². The third-order valence-electron chi connectivity index (χ3n) is 4.80. The molecule has 1 amide bonds. The van der Waals surface area contributed by atoms with Crippen molar-refractivity contribution in [3.8, 4) is 5.88 Å². The number of hydrogen-bond donors (Lipinski definition) is 0. The van der Waals surface area contributed by atoms with Gasteiger partial charge >= 0.3 is 0 Å². The maximum atomic E-state index is 12.8. The number of aromatic nitrogens is 1. The number of hydrogen-bond acceptors (Lipinski definition) is 5. The van der Waals surface area contributed by atoms with Crippen molar-refractivity contribution in [1.29, 1.82) is 0 Å². The van der Waals surface area contributed by atoms with E-state index >= 15 is 0 Å². The highest BCUT2D eigenvalue weighted by molar-refractivity contribution is 5.95. The Morgan fingerprint density at radius 1 is 1.33 bits per heavy atom. The summed E-state index contributed by atoms with van der Waals surface area (Å²) in [6.07, 6.45) is 4.79. The van der Waals surface area contributed by atoms with Crippen LogP contribution in [0.1, 0.15) is 29.0 Å². The van der Waals surface area contributed by atoms with Crippen molar-refractivity contribution < 1.29 is 18.7 Å². The second-order valence-electron chi connectivity index (χ2n) is 6.19. The number of carbonyl (C=O) groups is 1. The van der Waals surface area contributed by atoms with E-state index in [1.165, 1.54) is 0 Å². The number of aryl methyl sites for hydroxylation is 1. The fourth-order valence-corrected chi connectivity index (χ4v) is 3.63. The van der Waals surface area contributed by atoms with Gasteiger partial charge in [0.15, 0.2) is 0 Å². The Morgan fingerprint density at radius 2 is 2.25 bits per heavy atom. The topological polar surface area (TPSA) is 64.8 Å². The Hall–Kier alpha value is -2.34. The molecule has 0 aromatic carbocycles. The van der Waals surface area contributed by atoms with Crippen LogP contribution >= 0.6 is 0 Å². The highest BCUT2D eigenvalue weighted by atomic mass is 16.5. The van der Waals surface area contributed by atoms with Gasteiger partial charge in [-0.1, -0.05) is 6.07 Å². The molecule has 0 spiro atoms. The molecule has 3 atom stereocenters. The summed E-state index contributed by atoms with van der Waals surface area (Å²) in [6, 6.07) is 7.37. The summed E-state index contributed by atoms with van der Waals surface area (Å²) in [6.45, 7) is 2.93. The van der Waals surface area contributed by atoms with Gasteiger partial charge in [0, 0.05) is 18.8 Å². The monoisotopic (exact) mass is 328 g/mol. The molecule has 24 heavy (non-hydrogen) atoms. The summed E-state index contributed by atoms with van der Waals surface area (Å²) >= 11 is 0. The molecule has 1 aliphatic carbocycles. The number of ether oxygens (including phenoxy) is 2. The van der Waals surface area contributed by atoms with E-state index in [4.69, 9.17) is 13.9 Å². The van der Waals surface area contributed by atoms with Gasteiger partial charge < -0.3 is 18.8 Å². The third kappa shape index (κ3) is 2.67. The van der Waals surface area contributed by atoms with Crippen molar-refractivity contribution in [2.45, 2.75) is 38.0 Å². The summed E-state index contributed by atoms with van der Waals surface area (Å²) in [5, 5.41) is 0. The van der Waals surface area contributed by atoms with Crippen LogP contribution in [0.25, 0.3) is 0 Å². The van der Waals surface area contributed by atoms with Crippen LogP contribution < -0.4 is 4.74 Å². The van der Waals surface area contributed by atoms with Crippen LogP contribution in [0.5, 0.6) is 5.88 Å². The van der Waals surface area contributed by atoms with E-state index in [1.807, 2.05) is 30.0 Å². The van der Waals surface area contributed by atoms with Crippen LogP contribution in [0.15, 0.2) is 41.1 Å². The molecule has 2 aromatic heterocycles. The van der Waals surface area contributed by atoms with E-state index in [0.717, 1.165) is 12.8 Å². The number of nitrogens with zero attached hydrogens (tertiary/aromatic N) is 2. The van der Waals surface area contributed by atoms with Crippen LogP contribution in [-0.2, 0) is 4.74 Å². The number of pyridine rings is 1. The normalized spacial score (nSPS) is 26.2. The quantitative estimate of drug-likeness (QED) is 0.866. The molecular weight excluding hydrogens is 308 g/mol. The fourth-order valence-electron chi connectivity index (χ4n) is 3.63. The SMILES string of the molecule is Cc1occc1C(=O)N1CCO[C@H]2[C@H](Oc3ccccn3)CC[C@@H]21. The zero-order valence-electron chi connectivity index (χ0n) is 13.6. The second-order valence-corrected chi connectivity index (χ2v) is 6.19. The molecule has 0 radical (unpaired) electrons. The molecule has 0 N–H and O–H groups in total. The zero-order valence-corrected chi connectivity index (χ0v) is 13.6. The smallest absolute Gasteiger partial charge is 0.257 e. The van der Waals surface area contributed by atoms with Crippen LogP contribution in [0.4, 0.5) is 0 Å². The Bertz CT molecular complexity index is 715. The average Bonchev–Trinajstić information content (AvgIpc) is 3.22. The van der Waals surface area contributed by atoms with E-state index in [9.17, 15) is 4.79 Å². The van der Waals surface area contributed by atoms with E-state index in [0.29, 0.717) is 30.4 Å². The molecular formula is C18H20N2O4. The van der Waals surface area contributed by atoms with Crippen molar-refractivity contribution in [2.24, 2.45) is 0 Å². The van der Waals surface area contributed by atoms with E-state index < -0.39 is 0 Å². The first-order chi connectivity index (χ1) is 11.7. The Balaban J connectivity index is 1.50. The number of morpholine rings is 1. The standard InChI is InChI=1S/C18H20N2O4/c1-12-13(7-10-22-12)18(21)20-9-11-23-17-14(20)5-6-15(17)24-16-4-2-3-8-19-16/h2-4,7-8,10,14-15,17H,5-6,9,11H2,1H3/t14-,15+,17+/m0/s1. The molecule has 3 heterocycles. The lowest BCUT2D eigenvalue weighted by molar-refractivity contribution is -0.0793. The maximum Gasteiger partial charge on any atom is 0.257 e. The van der Waals surface area contributed by atoms with E-state index in [2.05, 4.69) is 4.98 Å². The number of fused-ring (bicyclic) bond motifs is 1. The molecule has 1 saturated carbocycles. The van der Waals surface area contributed by atoms with Crippen molar-refractivity contribution in [3.63, 3.8) is 0 Å². The van der Waals surface area contributed by atoms with Crippen LogP contribution in [0.3, 0.4) is 0 Å². The van der Waals surface area contributed by atoms with Crippen molar-refractivity contribution in [2.75, 3.05) is 13.2 Å². The number of rotatable bonds is 3. The predicted octanol–water partition coefficient (Wildman–Crippen LogP) is 2.43. The largest absolute Gasteiger partial charge is 0.471 e. The molecule has 2 aromatic rings. The summed E-state index contributed by atoms with van der Waals surface area (Å²) in [7, 11) is 0. The lowest BCUT2D eigenvalue weighted by Gasteiger charge is -2.38. The fraction of sp³-hybridized carbons (Fsp3) is 0.444. The van der Waals surface area contributed by atoms with Crippen LogP contribution in [0, 0.1) is 6.92 Å². The lowest BCUT2D eigenvalue weighted by atomic mass is 10.1. The molecule has 0 unspecified atom stereocenters. The van der Waals surface area contributed by atoms with Gasteiger partial charge in [-0.15, -0.1) is 0 Å². The molecule has 1 saturated heterocycles. The molecule has 4 rings (SSSR count). The average molecular weight is 328 g/mol. The molecule has 6 heteroatoms. The second kappa shape index (κ2) is 6.28. The minimum atomic E-state index is -0.114. The molecule has 126 valence electrons. The van der Waals surface area contributed by atoms with Gasteiger partial charge in [-0.3, -0.25) is 4.79 Å². The number of carbonyl (C=O) groups excluding carboxylic acids is 1. The van der Waals surface area contributed by atoms with Gasteiger partial charge in [-0.2, -0.15) is 0 Å². The summed E-state index contributed by atoms with van der Waals surface area (Å²) < 4.78 is 17.2. The lowest BCUT2D eigenvalue weighted by Crippen LogP contribution is -2.54. The van der Waals surface area contributed by atoms with Gasteiger partial charge in [-0.05, 0) is 31.9 Å².